The molecule has 2 aromatic carbocycles. The number of hydrogen-bond donors (Lipinski definition) is 3. The van der Waals surface area contributed by atoms with Gasteiger partial charge in [-0.2, -0.15) is 0 Å². The number of unbranched alkanes of at least 4 members (excludes halogenated alkanes) is 1. The number of rotatable bonds is 7. The van der Waals surface area contributed by atoms with E-state index in [-0.39, 0.29) is 22.3 Å². The lowest BCUT2D eigenvalue weighted by atomic mass is 10.2. The van der Waals surface area contributed by atoms with Crippen LogP contribution in [-0.2, 0) is 4.79 Å². The molecule has 0 atom stereocenters. The lowest BCUT2D eigenvalue weighted by molar-refractivity contribution is -0.384. The molecule has 2 aromatic rings. The molecule has 8 nitrogen and oxygen atoms in total. The molecular formula is C19H20N4O4S. The smallest absolute Gasteiger partial charge is 0.270 e. The van der Waals surface area contributed by atoms with E-state index in [0.29, 0.717) is 17.8 Å². The van der Waals surface area contributed by atoms with E-state index in [1.165, 1.54) is 24.3 Å². The molecule has 2 amide bonds. The predicted molar refractivity (Wildman–Crippen MR) is 111 cm³/mol. The maximum Gasteiger partial charge on any atom is 0.270 e. The van der Waals surface area contributed by atoms with Crippen molar-refractivity contribution in [2.75, 3.05) is 10.6 Å². The fourth-order valence-electron chi connectivity index (χ4n) is 2.33. The third kappa shape index (κ3) is 6.44. The Morgan fingerprint density at radius 2 is 1.75 bits per heavy atom. The second-order valence-electron chi connectivity index (χ2n) is 5.95. The quantitative estimate of drug-likeness (QED) is 0.370. The topological polar surface area (TPSA) is 113 Å². The number of nitrogens with one attached hydrogen (secondary N) is 3. The number of non-ortho nitro benzene ring substituents is 1. The van der Waals surface area contributed by atoms with Gasteiger partial charge in [0, 0.05) is 35.5 Å². The number of carbonyl (C=O) groups is 2. The molecule has 146 valence electrons. The number of anilines is 2. The van der Waals surface area contributed by atoms with Gasteiger partial charge in [-0.3, -0.25) is 25.0 Å². The summed E-state index contributed by atoms with van der Waals surface area (Å²) in [6.45, 7) is 2.01. The third-order valence-electron chi connectivity index (χ3n) is 3.71. The first-order valence-electron chi connectivity index (χ1n) is 8.65. The SMILES string of the molecule is CCCCC(=O)Nc1cccc(NC(=S)NC(=O)c2cccc([N+](=O)[O-])c2)c1. The normalized spacial score (nSPS) is 10.0. The number of benzene rings is 2. The molecule has 0 aromatic heterocycles. The van der Waals surface area contributed by atoms with Crippen LogP contribution in [0.15, 0.2) is 48.5 Å². The van der Waals surface area contributed by atoms with Gasteiger partial charge in [-0.05, 0) is 42.9 Å². The molecule has 0 radical (unpaired) electrons. The van der Waals surface area contributed by atoms with Gasteiger partial charge in [0.05, 0.1) is 4.92 Å². The van der Waals surface area contributed by atoms with E-state index in [4.69, 9.17) is 12.2 Å². The first-order chi connectivity index (χ1) is 13.4. The molecule has 9 heteroatoms. The molecule has 0 aliphatic carbocycles. The Morgan fingerprint density at radius 3 is 2.43 bits per heavy atom. The largest absolute Gasteiger partial charge is 0.332 e. The van der Waals surface area contributed by atoms with Crippen LogP contribution in [0.25, 0.3) is 0 Å². The van der Waals surface area contributed by atoms with Crippen LogP contribution in [0, 0.1) is 10.1 Å². The molecule has 0 spiro atoms. The Bertz CT molecular complexity index is 901. The molecule has 0 unspecified atom stereocenters. The van der Waals surface area contributed by atoms with Crippen molar-refractivity contribution in [2.45, 2.75) is 26.2 Å². The van der Waals surface area contributed by atoms with Crippen LogP contribution in [-0.4, -0.2) is 21.9 Å². The van der Waals surface area contributed by atoms with Gasteiger partial charge in [0.15, 0.2) is 5.11 Å². The summed E-state index contributed by atoms with van der Waals surface area (Å²) < 4.78 is 0. The van der Waals surface area contributed by atoms with Gasteiger partial charge in [0.1, 0.15) is 0 Å². The van der Waals surface area contributed by atoms with Gasteiger partial charge in [-0.15, -0.1) is 0 Å². The highest BCUT2D eigenvalue weighted by molar-refractivity contribution is 7.80. The summed E-state index contributed by atoms with van der Waals surface area (Å²) in [4.78, 5) is 34.3. The summed E-state index contributed by atoms with van der Waals surface area (Å²) in [5.41, 5.74) is 1.13. The molecule has 2 rings (SSSR count). The Kier molecular flexibility index (Phi) is 7.58. The zero-order chi connectivity index (χ0) is 20.5. The maximum atomic E-state index is 12.2. The van der Waals surface area contributed by atoms with Gasteiger partial charge in [-0.1, -0.05) is 25.5 Å². The van der Waals surface area contributed by atoms with Crippen molar-refractivity contribution in [3.63, 3.8) is 0 Å². The van der Waals surface area contributed by atoms with Crippen LogP contribution >= 0.6 is 12.2 Å². The monoisotopic (exact) mass is 400 g/mol. The van der Waals surface area contributed by atoms with Gasteiger partial charge >= 0.3 is 0 Å². The van der Waals surface area contributed by atoms with Crippen LogP contribution in [0.3, 0.4) is 0 Å². The third-order valence-corrected chi connectivity index (χ3v) is 3.91. The number of nitro benzene ring substituents is 1. The van der Waals surface area contributed by atoms with Crippen molar-refractivity contribution in [2.24, 2.45) is 0 Å². The first-order valence-corrected chi connectivity index (χ1v) is 9.06. The van der Waals surface area contributed by atoms with Crippen LogP contribution in [0.5, 0.6) is 0 Å². The molecule has 0 aliphatic rings. The van der Waals surface area contributed by atoms with Gasteiger partial charge < -0.3 is 10.6 Å². The average molecular weight is 400 g/mol. The van der Waals surface area contributed by atoms with E-state index in [1.54, 1.807) is 24.3 Å². The van der Waals surface area contributed by atoms with E-state index in [9.17, 15) is 19.7 Å². The van der Waals surface area contributed by atoms with E-state index in [2.05, 4.69) is 16.0 Å². The molecule has 0 aliphatic heterocycles. The Labute approximate surface area is 167 Å². The Hall–Kier alpha value is -3.33. The highest BCUT2D eigenvalue weighted by atomic mass is 32.1. The van der Waals surface area contributed by atoms with Gasteiger partial charge in [-0.25, -0.2) is 0 Å². The van der Waals surface area contributed by atoms with E-state index in [0.717, 1.165) is 12.8 Å². The average Bonchev–Trinajstić information content (AvgIpc) is 2.66. The number of carbonyl (C=O) groups excluding carboxylic acids is 2. The minimum Gasteiger partial charge on any atom is -0.332 e. The molecule has 0 saturated carbocycles. The molecule has 0 saturated heterocycles. The highest BCUT2D eigenvalue weighted by Gasteiger charge is 2.13. The summed E-state index contributed by atoms with van der Waals surface area (Å²) in [7, 11) is 0. The van der Waals surface area contributed by atoms with E-state index >= 15 is 0 Å². The van der Waals surface area contributed by atoms with Crippen LogP contribution in [0.1, 0.15) is 36.5 Å². The van der Waals surface area contributed by atoms with E-state index < -0.39 is 10.8 Å². The summed E-state index contributed by atoms with van der Waals surface area (Å²) >= 11 is 5.12. The number of nitrogens with zero attached hydrogens (tertiary/aromatic N) is 1. The molecule has 28 heavy (non-hydrogen) atoms. The van der Waals surface area contributed by atoms with Crippen LogP contribution in [0.2, 0.25) is 0 Å². The van der Waals surface area contributed by atoms with Crippen molar-refractivity contribution in [1.29, 1.82) is 0 Å². The lowest BCUT2D eigenvalue weighted by Gasteiger charge is -2.11. The molecule has 0 heterocycles. The summed E-state index contributed by atoms with van der Waals surface area (Å²) in [5, 5.41) is 19.0. The number of amides is 2. The van der Waals surface area contributed by atoms with E-state index in [1.807, 2.05) is 6.92 Å². The maximum absolute atomic E-state index is 12.2. The lowest BCUT2D eigenvalue weighted by Crippen LogP contribution is -2.34. The fraction of sp³-hybridized carbons (Fsp3) is 0.211. The molecule has 3 N–H and O–H groups in total. The fourth-order valence-corrected chi connectivity index (χ4v) is 2.54. The molecular weight excluding hydrogens is 380 g/mol. The summed E-state index contributed by atoms with van der Waals surface area (Å²) in [6, 6.07) is 12.3. The van der Waals surface area contributed by atoms with Gasteiger partial charge in [0.25, 0.3) is 11.6 Å². The predicted octanol–water partition coefficient (Wildman–Crippen LogP) is 3.85. The summed E-state index contributed by atoms with van der Waals surface area (Å²) in [6.07, 6.45) is 2.21. The first kappa shape index (κ1) is 21.0. The number of nitro groups is 1. The van der Waals surface area contributed by atoms with Crippen LogP contribution < -0.4 is 16.0 Å². The number of thiocarbonyl (C=S) groups is 1. The zero-order valence-electron chi connectivity index (χ0n) is 15.2. The Morgan fingerprint density at radius 1 is 1.07 bits per heavy atom. The minimum atomic E-state index is -0.576. The second-order valence-corrected chi connectivity index (χ2v) is 6.36. The Balaban J connectivity index is 1.96. The standard InChI is InChI=1S/C19H20N4O4S/c1-2-3-10-17(24)20-14-7-5-8-15(12-14)21-19(28)22-18(25)13-6-4-9-16(11-13)23(26)27/h4-9,11-12H,2-3,10H2,1H3,(H,20,24)(H2,21,22,25,28). The van der Waals surface area contributed by atoms with Crippen molar-refractivity contribution in [1.82, 2.24) is 5.32 Å². The van der Waals surface area contributed by atoms with Gasteiger partial charge in [0.2, 0.25) is 5.91 Å². The molecule has 0 bridgehead atoms. The highest BCUT2D eigenvalue weighted by Crippen LogP contribution is 2.16. The second kappa shape index (κ2) is 10.1. The minimum absolute atomic E-state index is 0.0333. The van der Waals surface area contributed by atoms with Crippen LogP contribution in [0.4, 0.5) is 17.1 Å². The number of hydrogen-bond acceptors (Lipinski definition) is 5. The molecule has 0 fully saturated rings. The van der Waals surface area contributed by atoms with Crippen molar-refractivity contribution < 1.29 is 14.5 Å². The summed E-state index contributed by atoms with van der Waals surface area (Å²) in [5.74, 6) is -0.634. The van der Waals surface area contributed by atoms with Crippen molar-refractivity contribution in [3.8, 4) is 0 Å². The zero-order valence-corrected chi connectivity index (χ0v) is 16.0. The van der Waals surface area contributed by atoms with Crippen molar-refractivity contribution >= 4 is 46.2 Å². The van der Waals surface area contributed by atoms with Crippen molar-refractivity contribution in [3.05, 3.63) is 64.2 Å².